The number of carbonyl (C=O) groups excluding carboxylic acids is 2. The highest BCUT2D eigenvalue weighted by Crippen LogP contribution is 2.29. The number of alkyl carbamates (subject to hydrolysis) is 1. The van der Waals surface area contributed by atoms with Gasteiger partial charge in [0.15, 0.2) is 11.5 Å². The zero-order valence-corrected chi connectivity index (χ0v) is 17.2. The highest BCUT2D eigenvalue weighted by atomic mass is 16.5. The van der Waals surface area contributed by atoms with E-state index in [9.17, 15) is 9.59 Å². The number of methoxy groups -OCH3 is 2. The lowest BCUT2D eigenvalue weighted by molar-refractivity contribution is -0.119. The summed E-state index contributed by atoms with van der Waals surface area (Å²) in [6, 6.07) is 13.7. The predicted octanol–water partition coefficient (Wildman–Crippen LogP) is 3.98. The Balaban J connectivity index is 2.03. The molecule has 2 aromatic carbocycles. The summed E-state index contributed by atoms with van der Waals surface area (Å²) >= 11 is 0. The van der Waals surface area contributed by atoms with Crippen molar-refractivity contribution < 1.29 is 23.8 Å². The average molecular weight is 400 g/mol. The van der Waals surface area contributed by atoms with Crippen molar-refractivity contribution in [2.75, 3.05) is 19.5 Å². The van der Waals surface area contributed by atoms with Crippen LogP contribution in [0.1, 0.15) is 25.8 Å². The van der Waals surface area contributed by atoms with E-state index in [-0.39, 0.29) is 18.4 Å². The molecule has 2 aromatic rings. The van der Waals surface area contributed by atoms with Gasteiger partial charge in [0.2, 0.25) is 5.91 Å². The van der Waals surface area contributed by atoms with Crippen molar-refractivity contribution in [3.05, 3.63) is 54.1 Å². The van der Waals surface area contributed by atoms with Crippen LogP contribution in [-0.2, 0) is 16.1 Å². The van der Waals surface area contributed by atoms with E-state index in [1.807, 2.05) is 44.2 Å². The molecule has 0 aliphatic carbocycles. The number of ether oxygens (including phenoxy) is 3. The summed E-state index contributed by atoms with van der Waals surface area (Å²) in [7, 11) is 3.07. The van der Waals surface area contributed by atoms with Gasteiger partial charge in [-0.25, -0.2) is 4.79 Å². The number of hydrogen-bond donors (Lipinski definition) is 2. The maximum absolute atomic E-state index is 12.8. The SMILES string of the molecule is CC[C@H](C)[C@H](NC(=O)OCc1ccccc1)C(=O)Nc1ccc(OC)c(OC)c1. The molecule has 0 saturated heterocycles. The average Bonchev–Trinajstić information content (AvgIpc) is 2.75. The Morgan fingerprint density at radius 2 is 1.69 bits per heavy atom. The fourth-order valence-electron chi connectivity index (χ4n) is 2.73. The number of amides is 2. The summed E-state index contributed by atoms with van der Waals surface area (Å²) < 4.78 is 15.7. The molecule has 2 rings (SSSR count). The largest absolute Gasteiger partial charge is 0.493 e. The van der Waals surface area contributed by atoms with E-state index in [0.717, 1.165) is 5.56 Å². The van der Waals surface area contributed by atoms with Crippen molar-refractivity contribution in [3.63, 3.8) is 0 Å². The lowest BCUT2D eigenvalue weighted by atomic mass is 9.98. The van der Waals surface area contributed by atoms with Crippen LogP contribution in [0.3, 0.4) is 0 Å². The molecule has 0 spiro atoms. The van der Waals surface area contributed by atoms with Crippen LogP contribution in [0.2, 0.25) is 0 Å². The summed E-state index contributed by atoms with van der Waals surface area (Å²) in [6.07, 6.45) is 0.0739. The summed E-state index contributed by atoms with van der Waals surface area (Å²) in [5.74, 6) is 0.648. The highest BCUT2D eigenvalue weighted by molar-refractivity contribution is 5.97. The Morgan fingerprint density at radius 3 is 2.31 bits per heavy atom. The van der Waals surface area contributed by atoms with Crippen LogP contribution in [-0.4, -0.2) is 32.3 Å². The number of carbonyl (C=O) groups is 2. The zero-order chi connectivity index (χ0) is 21.2. The van der Waals surface area contributed by atoms with E-state index in [1.54, 1.807) is 25.3 Å². The number of nitrogens with one attached hydrogen (secondary N) is 2. The molecule has 7 heteroatoms. The van der Waals surface area contributed by atoms with E-state index in [1.165, 1.54) is 7.11 Å². The van der Waals surface area contributed by atoms with Crippen molar-refractivity contribution in [1.82, 2.24) is 5.32 Å². The lowest BCUT2D eigenvalue weighted by Gasteiger charge is -2.23. The first-order chi connectivity index (χ1) is 14.0. The van der Waals surface area contributed by atoms with Gasteiger partial charge in [-0.05, 0) is 23.6 Å². The van der Waals surface area contributed by atoms with Crippen LogP contribution in [0.15, 0.2) is 48.5 Å². The standard InChI is InChI=1S/C22H28N2O5/c1-5-15(2)20(24-22(26)29-14-16-9-7-6-8-10-16)21(25)23-17-11-12-18(27-3)19(13-17)28-4/h6-13,15,20H,5,14H2,1-4H3,(H,23,25)(H,24,26)/t15-,20-/m0/s1. The van der Waals surface area contributed by atoms with Gasteiger partial charge in [-0.2, -0.15) is 0 Å². The van der Waals surface area contributed by atoms with E-state index in [2.05, 4.69) is 10.6 Å². The van der Waals surface area contributed by atoms with Gasteiger partial charge in [0, 0.05) is 11.8 Å². The van der Waals surface area contributed by atoms with Gasteiger partial charge in [-0.3, -0.25) is 4.79 Å². The first kappa shape index (κ1) is 22.1. The molecule has 0 bridgehead atoms. The molecule has 0 aliphatic heterocycles. The fraction of sp³-hybridized carbons (Fsp3) is 0.364. The minimum atomic E-state index is -0.739. The maximum Gasteiger partial charge on any atom is 0.408 e. The van der Waals surface area contributed by atoms with Gasteiger partial charge in [0.25, 0.3) is 0 Å². The molecule has 2 atom stereocenters. The second-order valence-electron chi connectivity index (χ2n) is 6.63. The number of rotatable bonds is 9. The third kappa shape index (κ3) is 6.41. The van der Waals surface area contributed by atoms with Crippen molar-refractivity contribution in [2.45, 2.75) is 32.9 Å². The van der Waals surface area contributed by atoms with Gasteiger partial charge >= 0.3 is 6.09 Å². The van der Waals surface area contributed by atoms with E-state index in [0.29, 0.717) is 23.6 Å². The zero-order valence-electron chi connectivity index (χ0n) is 17.2. The van der Waals surface area contributed by atoms with Crippen LogP contribution in [0.5, 0.6) is 11.5 Å². The molecular weight excluding hydrogens is 372 g/mol. The van der Waals surface area contributed by atoms with E-state index in [4.69, 9.17) is 14.2 Å². The Hall–Kier alpha value is -3.22. The van der Waals surface area contributed by atoms with Gasteiger partial charge in [0.05, 0.1) is 14.2 Å². The van der Waals surface area contributed by atoms with Gasteiger partial charge in [0.1, 0.15) is 12.6 Å². The second-order valence-corrected chi connectivity index (χ2v) is 6.63. The molecule has 2 N–H and O–H groups in total. The molecular formula is C22H28N2O5. The summed E-state index contributed by atoms with van der Waals surface area (Å²) in [6.45, 7) is 3.99. The molecule has 29 heavy (non-hydrogen) atoms. The molecule has 7 nitrogen and oxygen atoms in total. The molecule has 0 heterocycles. The molecule has 0 unspecified atom stereocenters. The van der Waals surface area contributed by atoms with Crippen LogP contribution in [0, 0.1) is 5.92 Å². The second kappa shape index (κ2) is 10.9. The topological polar surface area (TPSA) is 85.9 Å². The maximum atomic E-state index is 12.8. The predicted molar refractivity (Wildman–Crippen MR) is 111 cm³/mol. The third-order valence-corrected chi connectivity index (χ3v) is 4.63. The summed E-state index contributed by atoms with van der Waals surface area (Å²) in [5.41, 5.74) is 1.41. The molecule has 0 aliphatic rings. The Labute approximate surface area is 171 Å². The minimum Gasteiger partial charge on any atom is -0.493 e. The van der Waals surface area contributed by atoms with Crippen LogP contribution in [0.4, 0.5) is 10.5 Å². The molecule has 156 valence electrons. The van der Waals surface area contributed by atoms with Gasteiger partial charge in [-0.1, -0.05) is 50.6 Å². The van der Waals surface area contributed by atoms with Crippen LogP contribution in [0.25, 0.3) is 0 Å². The Morgan fingerprint density at radius 1 is 1.00 bits per heavy atom. The summed E-state index contributed by atoms with van der Waals surface area (Å²) in [4.78, 5) is 25.1. The summed E-state index contributed by atoms with van der Waals surface area (Å²) in [5, 5.41) is 5.50. The molecule has 2 amide bonds. The normalized spacial score (nSPS) is 12.4. The molecule has 0 radical (unpaired) electrons. The van der Waals surface area contributed by atoms with Crippen molar-refractivity contribution in [3.8, 4) is 11.5 Å². The van der Waals surface area contributed by atoms with E-state index >= 15 is 0 Å². The Kier molecular flexibility index (Phi) is 8.33. The minimum absolute atomic E-state index is 0.0839. The number of anilines is 1. The fourth-order valence-corrected chi connectivity index (χ4v) is 2.73. The quantitative estimate of drug-likeness (QED) is 0.665. The number of benzene rings is 2. The molecule has 0 saturated carbocycles. The first-order valence-electron chi connectivity index (χ1n) is 9.48. The highest BCUT2D eigenvalue weighted by Gasteiger charge is 2.27. The van der Waals surface area contributed by atoms with Crippen molar-refractivity contribution in [2.24, 2.45) is 5.92 Å². The van der Waals surface area contributed by atoms with Crippen molar-refractivity contribution in [1.29, 1.82) is 0 Å². The smallest absolute Gasteiger partial charge is 0.408 e. The molecule has 0 fully saturated rings. The van der Waals surface area contributed by atoms with Crippen molar-refractivity contribution >= 4 is 17.7 Å². The van der Waals surface area contributed by atoms with Crippen LogP contribution < -0.4 is 20.1 Å². The Bertz CT molecular complexity index is 810. The molecule has 0 aromatic heterocycles. The van der Waals surface area contributed by atoms with Crippen LogP contribution >= 0.6 is 0 Å². The monoisotopic (exact) mass is 400 g/mol. The number of hydrogen-bond acceptors (Lipinski definition) is 5. The van der Waals surface area contributed by atoms with E-state index < -0.39 is 12.1 Å². The van der Waals surface area contributed by atoms with Gasteiger partial charge in [-0.15, -0.1) is 0 Å². The third-order valence-electron chi connectivity index (χ3n) is 4.63. The van der Waals surface area contributed by atoms with Gasteiger partial charge < -0.3 is 24.8 Å². The lowest BCUT2D eigenvalue weighted by Crippen LogP contribution is -2.47. The first-order valence-corrected chi connectivity index (χ1v) is 9.48.